The number of imidazole rings is 1. The van der Waals surface area contributed by atoms with Crippen LogP contribution in [0.3, 0.4) is 0 Å². The van der Waals surface area contributed by atoms with E-state index in [4.69, 9.17) is 5.73 Å². The third-order valence-electron chi connectivity index (χ3n) is 2.17. The van der Waals surface area contributed by atoms with Gasteiger partial charge in [-0.15, -0.1) is 0 Å². The third kappa shape index (κ3) is 1.87. The summed E-state index contributed by atoms with van der Waals surface area (Å²) in [5.41, 5.74) is 5.59. The molecule has 2 aromatic heterocycles. The first-order valence-electron chi connectivity index (χ1n) is 4.95. The van der Waals surface area contributed by atoms with Crippen LogP contribution in [0.2, 0.25) is 0 Å². The smallest absolute Gasteiger partial charge is 0.226 e. The van der Waals surface area contributed by atoms with Crippen molar-refractivity contribution in [2.75, 3.05) is 19.0 Å². The van der Waals surface area contributed by atoms with E-state index in [0.29, 0.717) is 12.5 Å². The van der Waals surface area contributed by atoms with Crippen molar-refractivity contribution in [1.82, 2.24) is 19.5 Å². The summed E-state index contributed by atoms with van der Waals surface area (Å²) in [6.07, 6.45) is 5.27. The molecule has 0 amide bonds. The molecule has 2 rings (SSSR count). The number of hydrogen-bond donors (Lipinski definition) is 1. The molecule has 2 heterocycles. The van der Waals surface area contributed by atoms with Gasteiger partial charge in [0.1, 0.15) is 11.6 Å². The average molecular weight is 218 g/mol. The number of nitrogens with zero attached hydrogens (tertiary/aromatic N) is 5. The Morgan fingerprint density at radius 3 is 2.81 bits per heavy atom. The third-order valence-corrected chi connectivity index (χ3v) is 2.17. The van der Waals surface area contributed by atoms with E-state index in [1.807, 2.05) is 35.8 Å². The van der Waals surface area contributed by atoms with Crippen LogP contribution in [0.4, 0.5) is 5.95 Å². The molecule has 0 saturated carbocycles. The van der Waals surface area contributed by atoms with Gasteiger partial charge in [0.2, 0.25) is 5.95 Å². The van der Waals surface area contributed by atoms with E-state index in [2.05, 4.69) is 15.0 Å². The van der Waals surface area contributed by atoms with Gasteiger partial charge in [0, 0.05) is 32.7 Å². The maximum absolute atomic E-state index is 5.59. The predicted octanol–water partition coefficient (Wildman–Crippen LogP) is 0.187. The Balaban J connectivity index is 2.44. The lowest BCUT2D eigenvalue weighted by Gasteiger charge is -2.11. The van der Waals surface area contributed by atoms with Gasteiger partial charge in [-0.3, -0.25) is 4.57 Å². The Morgan fingerprint density at radius 1 is 1.31 bits per heavy atom. The molecule has 0 aliphatic rings. The second-order valence-electron chi connectivity index (χ2n) is 3.53. The van der Waals surface area contributed by atoms with Gasteiger partial charge in [-0.2, -0.15) is 4.98 Å². The van der Waals surface area contributed by atoms with Gasteiger partial charge in [0.25, 0.3) is 0 Å². The molecule has 16 heavy (non-hydrogen) atoms. The molecule has 0 spiro atoms. The fraction of sp³-hybridized carbons (Fsp3) is 0.300. The molecule has 2 N–H and O–H groups in total. The van der Waals surface area contributed by atoms with Crippen molar-refractivity contribution in [2.24, 2.45) is 5.73 Å². The van der Waals surface area contributed by atoms with Crippen molar-refractivity contribution in [3.63, 3.8) is 0 Å². The number of hydrogen-bond acceptors (Lipinski definition) is 5. The Kier molecular flexibility index (Phi) is 2.82. The molecule has 0 bridgehead atoms. The second kappa shape index (κ2) is 4.28. The first-order valence-corrected chi connectivity index (χ1v) is 4.95. The van der Waals surface area contributed by atoms with Crippen LogP contribution in [0, 0.1) is 0 Å². The fourth-order valence-corrected chi connectivity index (χ4v) is 1.38. The Labute approximate surface area is 93.8 Å². The minimum atomic E-state index is 0.383. The zero-order valence-corrected chi connectivity index (χ0v) is 9.33. The minimum absolute atomic E-state index is 0.383. The molecule has 0 atom stereocenters. The van der Waals surface area contributed by atoms with E-state index in [1.165, 1.54) is 0 Å². The maximum Gasteiger partial charge on any atom is 0.226 e. The lowest BCUT2D eigenvalue weighted by atomic mass is 10.5. The molecule has 0 radical (unpaired) electrons. The van der Waals surface area contributed by atoms with Gasteiger partial charge in [0.05, 0.1) is 6.54 Å². The zero-order chi connectivity index (χ0) is 11.5. The van der Waals surface area contributed by atoms with E-state index in [1.54, 1.807) is 12.4 Å². The van der Waals surface area contributed by atoms with E-state index in [9.17, 15) is 0 Å². The molecule has 0 aliphatic carbocycles. The summed E-state index contributed by atoms with van der Waals surface area (Å²) >= 11 is 0. The van der Waals surface area contributed by atoms with Gasteiger partial charge >= 0.3 is 0 Å². The number of rotatable bonds is 3. The highest BCUT2D eigenvalue weighted by Crippen LogP contribution is 2.10. The van der Waals surface area contributed by atoms with E-state index >= 15 is 0 Å². The lowest BCUT2D eigenvalue weighted by molar-refractivity contribution is 0.838. The van der Waals surface area contributed by atoms with Gasteiger partial charge in [-0.1, -0.05) is 0 Å². The molecule has 6 nitrogen and oxygen atoms in total. The van der Waals surface area contributed by atoms with Crippen molar-refractivity contribution in [2.45, 2.75) is 6.54 Å². The van der Waals surface area contributed by atoms with Crippen LogP contribution < -0.4 is 10.6 Å². The van der Waals surface area contributed by atoms with Gasteiger partial charge < -0.3 is 10.6 Å². The SMILES string of the molecule is CN(C)c1nccc(-n2ccnc2CN)n1. The number of aromatic nitrogens is 4. The summed E-state index contributed by atoms with van der Waals surface area (Å²) < 4.78 is 1.86. The molecule has 84 valence electrons. The van der Waals surface area contributed by atoms with E-state index in [0.717, 1.165) is 11.6 Å². The first-order chi connectivity index (χ1) is 7.72. The van der Waals surface area contributed by atoms with E-state index < -0.39 is 0 Å². The van der Waals surface area contributed by atoms with Crippen molar-refractivity contribution in [3.8, 4) is 5.82 Å². The fourth-order valence-electron chi connectivity index (χ4n) is 1.38. The largest absolute Gasteiger partial charge is 0.347 e. The summed E-state index contributed by atoms with van der Waals surface area (Å²) in [5.74, 6) is 2.22. The van der Waals surface area contributed by atoms with Crippen LogP contribution in [0.15, 0.2) is 24.7 Å². The summed E-state index contributed by atoms with van der Waals surface area (Å²) in [5, 5.41) is 0. The maximum atomic E-state index is 5.59. The Hall–Kier alpha value is -1.95. The molecule has 0 aliphatic heterocycles. The van der Waals surface area contributed by atoms with E-state index in [-0.39, 0.29) is 0 Å². The zero-order valence-electron chi connectivity index (χ0n) is 9.33. The first kappa shape index (κ1) is 10.6. The summed E-state index contributed by atoms with van der Waals surface area (Å²) in [6, 6.07) is 1.83. The molecule has 0 fully saturated rings. The van der Waals surface area contributed by atoms with Crippen LogP contribution in [-0.4, -0.2) is 33.6 Å². The van der Waals surface area contributed by atoms with Crippen molar-refractivity contribution < 1.29 is 0 Å². The van der Waals surface area contributed by atoms with Crippen LogP contribution in [0.25, 0.3) is 5.82 Å². The Bertz CT molecular complexity index is 476. The standard InChI is InChI=1S/C10H14N6/c1-15(2)10-13-4-3-8(14-10)16-6-5-12-9(16)7-11/h3-6H,7,11H2,1-2H3. The highest BCUT2D eigenvalue weighted by molar-refractivity contribution is 5.34. The average Bonchev–Trinajstić information content (AvgIpc) is 2.77. The Morgan fingerprint density at radius 2 is 2.12 bits per heavy atom. The predicted molar refractivity (Wildman–Crippen MR) is 61.4 cm³/mol. The molecule has 0 saturated heterocycles. The number of nitrogens with two attached hydrogens (primary N) is 1. The molecular formula is C10H14N6. The highest BCUT2D eigenvalue weighted by atomic mass is 15.2. The normalized spacial score (nSPS) is 10.4. The number of anilines is 1. The molecule has 0 unspecified atom stereocenters. The van der Waals surface area contributed by atoms with Gasteiger partial charge in [-0.25, -0.2) is 9.97 Å². The van der Waals surface area contributed by atoms with Crippen molar-refractivity contribution >= 4 is 5.95 Å². The minimum Gasteiger partial charge on any atom is -0.347 e. The molecule has 6 heteroatoms. The summed E-state index contributed by atoms with van der Waals surface area (Å²) in [4.78, 5) is 14.6. The van der Waals surface area contributed by atoms with Crippen molar-refractivity contribution in [1.29, 1.82) is 0 Å². The topological polar surface area (TPSA) is 72.9 Å². The quantitative estimate of drug-likeness (QED) is 0.796. The summed E-state index contributed by atoms with van der Waals surface area (Å²) in [7, 11) is 3.80. The van der Waals surface area contributed by atoms with Gasteiger partial charge in [0.15, 0.2) is 0 Å². The van der Waals surface area contributed by atoms with Crippen molar-refractivity contribution in [3.05, 3.63) is 30.5 Å². The summed E-state index contributed by atoms with van der Waals surface area (Å²) in [6.45, 7) is 0.383. The molecule has 0 aromatic carbocycles. The van der Waals surface area contributed by atoms with Crippen LogP contribution in [0.5, 0.6) is 0 Å². The molecule has 2 aromatic rings. The monoisotopic (exact) mass is 218 g/mol. The van der Waals surface area contributed by atoms with Gasteiger partial charge in [-0.05, 0) is 6.07 Å². The highest BCUT2D eigenvalue weighted by Gasteiger charge is 2.06. The van der Waals surface area contributed by atoms with Crippen LogP contribution in [0.1, 0.15) is 5.82 Å². The second-order valence-corrected chi connectivity index (χ2v) is 3.53. The molecular weight excluding hydrogens is 204 g/mol. The van der Waals surface area contributed by atoms with Crippen LogP contribution in [-0.2, 0) is 6.54 Å². The van der Waals surface area contributed by atoms with Crippen LogP contribution >= 0.6 is 0 Å². The lowest BCUT2D eigenvalue weighted by Crippen LogP contribution is -2.14.